The van der Waals surface area contributed by atoms with Crippen LogP contribution < -0.4 is 11.2 Å². The summed E-state index contributed by atoms with van der Waals surface area (Å²) in [6.45, 7) is -0.118. The topological polar surface area (TPSA) is 224 Å². The molecule has 2 rings (SSSR count). The Morgan fingerprint density at radius 1 is 1.20 bits per heavy atom. The zero-order chi connectivity index (χ0) is 23.2. The molecule has 1 aromatic rings. The Morgan fingerprint density at radius 2 is 1.80 bits per heavy atom. The Bertz CT molecular complexity index is 1090. The van der Waals surface area contributed by atoms with Crippen LogP contribution >= 0.6 is 35.1 Å². The van der Waals surface area contributed by atoms with Crippen molar-refractivity contribution in [1.82, 2.24) is 9.55 Å². The summed E-state index contributed by atoms with van der Waals surface area (Å²) in [5.41, 5.74) is -3.58. The first-order chi connectivity index (χ1) is 13.4. The van der Waals surface area contributed by atoms with E-state index in [1.165, 1.54) is 6.92 Å². The van der Waals surface area contributed by atoms with Crippen molar-refractivity contribution in [3.8, 4) is 0 Å². The van der Waals surface area contributed by atoms with E-state index in [1.54, 1.807) is 0 Å². The average Bonchev–Trinajstić information content (AvgIpc) is 2.83. The van der Waals surface area contributed by atoms with Gasteiger partial charge >= 0.3 is 29.2 Å². The maximum Gasteiger partial charge on any atom is 0.490 e. The molecule has 2 unspecified atom stereocenters. The molecule has 20 heteroatoms. The Hall–Kier alpha value is -0.730. The lowest BCUT2D eigenvalue weighted by molar-refractivity contribution is -0.216. The van der Waals surface area contributed by atoms with Crippen LogP contribution in [-0.2, 0) is 37.3 Å². The van der Waals surface area contributed by atoms with E-state index < -0.39 is 64.3 Å². The van der Waals surface area contributed by atoms with E-state index in [2.05, 4.69) is 13.1 Å². The van der Waals surface area contributed by atoms with Crippen LogP contribution in [0.3, 0.4) is 0 Å². The van der Waals surface area contributed by atoms with Crippen LogP contribution in [0, 0.1) is 0 Å². The molecule has 0 saturated carbocycles. The molecule has 15 nitrogen and oxygen atoms in total. The van der Waals surface area contributed by atoms with Crippen molar-refractivity contribution in [2.24, 2.45) is 0 Å². The number of aromatic amines is 1. The largest absolute Gasteiger partial charge is 0.490 e. The lowest BCUT2D eigenvalue weighted by atomic mass is 10.1. The second-order valence-corrected chi connectivity index (χ2v) is 11.0. The van der Waals surface area contributed by atoms with E-state index in [0.717, 1.165) is 10.8 Å². The number of halogens is 2. The van der Waals surface area contributed by atoms with Crippen molar-refractivity contribution < 1.29 is 55.5 Å². The zero-order valence-corrected chi connectivity index (χ0v) is 18.1. The normalized spacial score (nSPS) is 28.8. The van der Waals surface area contributed by atoms with E-state index in [-0.39, 0.29) is 6.42 Å². The molecule has 30 heavy (non-hydrogen) atoms. The van der Waals surface area contributed by atoms with E-state index >= 15 is 0 Å². The molecule has 0 radical (unpaired) electrons. The summed E-state index contributed by atoms with van der Waals surface area (Å²) < 4.78 is 65.5. The summed E-state index contributed by atoms with van der Waals surface area (Å²) in [7, 11) is -16.9. The molecule has 1 aliphatic heterocycles. The first-order valence-electron chi connectivity index (χ1n) is 7.55. The van der Waals surface area contributed by atoms with Crippen molar-refractivity contribution in [1.29, 1.82) is 0 Å². The molecule has 0 bridgehead atoms. The van der Waals surface area contributed by atoms with Crippen molar-refractivity contribution >= 4 is 35.1 Å². The minimum Gasteiger partial charge on any atom is -0.317 e. The number of nitrogens with one attached hydrogen (secondary N) is 1. The summed E-state index contributed by atoms with van der Waals surface area (Å²) in [6.07, 6.45) is 0.185. The lowest BCUT2D eigenvalue weighted by Crippen LogP contribution is -2.44. The fraction of sp³-hybridized carbons (Fsp3) is 0.600. The molecule has 0 amide bonds. The first kappa shape index (κ1) is 25.5. The summed E-state index contributed by atoms with van der Waals surface area (Å²) in [6, 6.07) is 0. The first-order valence-corrected chi connectivity index (χ1v) is 12.4. The molecule has 1 aromatic heterocycles. The maximum atomic E-state index is 14.9. The van der Waals surface area contributed by atoms with Crippen molar-refractivity contribution in [2.45, 2.75) is 31.3 Å². The second kappa shape index (κ2) is 8.32. The van der Waals surface area contributed by atoms with Crippen molar-refractivity contribution in [3.05, 3.63) is 32.1 Å². The number of hydrogen-bond donors (Lipinski definition) is 5. The molecule has 0 aromatic carbocycles. The Morgan fingerprint density at radius 3 is 2.37 bits per heavy atom. The minimum atomic E-state index is -5.77. The third-order valence-corrected chi connectivity index (χ3v) is 7.68. The van der Waals surface area contributed by atoms with Gasteiger partial charge in [-0.15, -0.1) is 0 Å². The molecule has 172 valence electrons. The SMILES string of the molecule is C[C@]1(n2cc(Cl)c(=O)[nH]c2=O)CC[C@@](F)(COP(=O)(O)OP(=O)(O)OP(=O)(O)O)O1. The maximum absolute atomic E-state index is 14.9. The number of ether oxygens (including phenoxy) is 1. The third kappa shape index (κ3) is 6.63. The molecule has 0 aliphatic carbocycles. The van der Waals surface area contributed by atoms with Crippen LogP contribution in [0.1, 0.15) is 19.8 Å². The smallest absolute Gasteiger partial charge is 0.317 e. The number of rotatable bonds is 8. The van der Waals surface area contributed by atoms with Gasteiger partial charge in [-0.1, -0.05) is 11.6 Å². The highest BCUT2D eigenvalue weighted by atomic mass is 35.5. The molecular weight excluding hydrogens is 503 g/mol. The molecule has 1 saturated heterocycles. The van der Waals surface area contributed by atoms with Crippen molar-refractivity contribution in [2.75, 3.05) is 6.61 Å². The predicted molar refractivity (Wildman–Crippen MR) is 94.0 cm³/mol. The summed E-state index contributed by atoms with van der Waals surface area (Å²) in [5.74, 6) is -2.82. The minimum absolute atomic E-state index is 0.203. The van der Waals surface area contributed by atoms with Crippen LogP contribution in [0.5, 0.6) is 0 Å². The fourth-order valence-corrected chi connectivity index (χ4v) is 5.66. The van der Waals surface area contributed by atoms with Gasteiger partial charge < -0.3 is 24.3 Å². The van der Waals surface area contributed by atoms with E-state index in [9.17, 15) is 32.6 Å². The summed E-state index contributed by atoms with van der Waals surface area (Å²) in [5, 5.41) is -0.399. The van der Waals surface area contributed by atoms with E-state index in [0.29, 0.717) is 0 Å². The Kier molecular flexibility index (Phi) is 7.08. The monoisotopic (exact) mass is 518 g/mol. The predicted octanol–water partition coefficient (Wildman–Crippen LogP) is 0.682. The van der Waals surface area contributed by atoms with Gasteiger partial charge in [-0.2, -0.15) is 8.62 Å². The summed E-state index contributed by atoms with van der Waals surface area (Å²) in [4.78, 5) is 60.5. The number of nitrogens with zero attached hydrogens (tertiary/aromatic N) is 1. The van der Waals surface area contributed by atoms with Gasteiger partial charge in [0.2, 0.25) is 5.85 Å². The van der Waals surface area contributed by atoms with Gasteiger partial charge in [0.25, 0.3) is 5.56 Å². The van der Waals surface area contributed by atoms with Gasteiger partial charge in [-0.3, -0.25) is 18.9 Å². The number of H-pyrrole nitrogens is 1. The van der Waals surface area contributed by atoms with Gasteiger partial charge in [-0.25, -0.2) is 22.9 Å². The van der Waals surface area contributed by atoms with Crippen molar-refractivity contribution in [3.63, 3.8) is 0 Å². The van der Waals surface area contributed by atoms with Crippen LogP contribution in [0.25, 0.3) is 0 Å². The quantitative estimate of drug-likeness (QED) is 0.299. The molecule has 1 aliphatic rings. The number of aromatic nitrogens is 2. The number of hydrogen-bond acceptors (Lipinski definition) is 9. The van der Waals surface area contributed by atoms with E-state index in [1.807, 2.05) is 4.98 Å². The average molecular weight is 519 g/mol. The Labute approximate surface area is 170 Å². The molecule has 2 heterocycles. The fourth-order valence-electron chi connectivity index (χ4n) is 2.47. The highest BCUT2D eigenvalue weighted by Crippen LogP contribution is 2.66. The van der Waals surface area contributed by atoms with Gasteiger partial charge in [0.15, 0.2) is 0 Å². The van der Waals surface area contributed by atoms with Crippen LogP contribution in [0.4, 0.5) is 4.39 Å². The standard InChI is InChI=1S/C10H15ClFN2O13P3/c1-9(14-4-6(11)7(15)13-8(14)16)2-3-10(12,25-9)5-24-29(20,21)27-30(22,23)26-28(17,18)19/h4H,2-3,5H2,1H3,(H,20,21)(H,22,23)(H,13,15,16)(H2,17,18,19)/t9-,10+/m1/s1. The highest BCUT2D eigenvalue weighted by Gasteiger charge is 2.51. The second-order valence-electron chi connectivity index (χ2n) is 6.13. The molecule has 1 fully saturated rings. The molecule has 0 spiro atoms. The highest BCUT2D eigenvalue weighted by molar-refractivity contribution is 7.66. The molecule has 4 atom stereocenters. The van der Waals surface area contributed by atoms with Gasteiger partial charge in [-0.05, 0) is 6.92 Å². The molecular formula is C10H15ClFN2O13P3. The van der Waals surface area contributed by atoms with E-state index in [4.69, 9.17) is 31.0 Å². The Balaban J connectivity index is 2.12. The van der Waals surface area contributed by atoms with Crippen LogP contribution in [0.15, 0.2) is 15.8 Å². The third-order valence-electron chi connectivity index (χ3n) is 3.63. The van der Waals surface area contributed by atoms with Crippen LogP contribution in [-0.4, -0.2) is 41.6 Å². The molecule has 5 N–H and O–H groups in total. The number of phosphoric acid groups is 3. The van der Waals surface area contributed by atoms with Gasteiger partial charge in [0.1, 0.15) is 17.4 Å². The van der Waals surface area contributed by atoms with Gasteiger partial charge in [0.05, 0.1) is 0 Å². The van der Waals surface area contributed by atoms with Gasteiger partial charge in [0, 0.05) is 19.0 Å². The summed E-state index contributed by atoms with van der Waals surface area (Å²) >= 11 is 5.64. The number of alkyl halides is 1. The zero-order valence-electron chi connectivity index (χ0n) is 14.7. The van der Waals surface area contributed by atoms with Crippen LogP contribution in [0.2, 0.25) is 5.02 Å². The number of phosphoric ester groups is 1. The lowest BCUT2D eigenvalue weighted by Gasteiger charge is -2.29.